The molecule has 2 atom stereocenters. The van der Waals surface area contributed by atoms with Gasteiger partial charge in [-0.2, -0.15) is 0 Å². The maximum Gasteiger partial charge on any atom is 0.250 e. The van der Waals surface area contributed by atoms with E-state index in [0.29, 0.717) is 12.1 Å². The predicted molar refractivity (Wildman–Crippen MR) is 128 cm³/mol. The topological polar surface area (TPSA) is 90.0 Å². The highest BCUT2D eigenvalue weighted by molar-refractivity contribution is 7.89. The number of sulfonamides is 1. The number of rotatable bonds is 6. The van der Waals surface area contributed by atoms with Gasteiger partial charge in [-0.05, 0) is 49.9 Å². The van der Waals surface area contributed by atoms with Gasteiger partial charge < -0.3 is 10.2 Å². The number of benzene rings is 2. The van der Waals surface area contributed by atoms with Gasteiger partial charge in [0.25, 0.3) is 0 Å². The molecule has 1 fully saturated rings. The van der Waals surface area contributed by atoms with E-state index in [-0.39, 0.29) is 35.3 Å². The van der Waals surface area contributed by atoms with Crippen molar-refractivity contribution < 1.29 is 18.0 Å². The molecule has 176 valence electrons. The van der Waals surface area contributed by atoms with Crippen LogP contribution < -0.4 is 15.1 Å². The molecule has 33 heavy (non-hydrogen) atoms. The largest absolute Gasteiger partial charge is 0.358 e. The van der Waals surface area contributed by atoms with Gasteiger partial charge in [-0.15, -0.1) is 0 Å². The summed E-state index contributed by atoms with van der Waals surface area (Å²) >= 11 is 0. The summed E-state index contributed by atoms with van der Waals surface area (Å²) in [7, 11) is -0.750. The Morgan fingerprint density at radius 1 is 1.12 bits per heavy atom. The lowest BCUT2D eigenvalue weighted by Crippen LogP contribution is -2.57. The molecule has 0 bridgehead atoms. The number of anilines is 2. The number of carbonyl (C=O) groups excluding carboxylic acids is 2. The Hall–Kier alpha value is -2.91. The number of hydrogen-bond acceptors (Lipinski definition) is 5. The highest BCUT2D eigenvalue weighted by Gasteiger charge is 2.40. The average molecular weight is 471 g/mol. The van der Waals surface area contributed by atoms with Gasteiger partial charge in [0.1, 0.15) is 12.6 Å². The number of carbonyl (C=O) groups is 2. The number of hydrogen-bond donors (Lipinski definition) is 1. The van der Waals surface area contributed by atoms with Crippen LogP contribution in [0.5, 0.6) is 0 Å². The quantitative estimate of drug-likeness (QED) is 0.701. The van der Waals surface area contributed by atoms with Crippen molar-refractivity contribution in [2.75, 3.05) is 37.0 Å². The van der Waals surface area contributed by atoms with E-state index >= 15 is 0 Å². The second-order valence-corrected chi connectivity index (χ2v) is 10.9. The molecule has 0 unspecified atom stereocenters. The Morgan fingerprint density at radius 2 is 1.85 bits per heavy atom. The van der Waals surface area contributed by atoms with Crippen LogP contribution in [0.25, 0.3) is 0 Å². The molecule has 2 aromatic rings. The lowest BCUT2D eigenvalue weighted by molar-refractivity contribution is -0.125. The van der Waals surface area contributed by atoms with Crippen LogP contribution in [0.4, 0.5) is 11.4 Å². The van der Waals surface area contributed by atoms with Gasteiger partial charge in [-0.1, -0.05) is 30.3 Å². The van der Waals surface area contributed by atoms with Crippen LogP contribution in [0.1, 0.15) is 37.8 Å². The first-order chi connectivity index (χ1) is 15.7. The van der Waals surface area contributed by atoms with Gasteiger partial charge in [0, 0.05) is 20.6 Å². The molecular weight excluding hydrogens is 440 g/mol. The van der Waals surface area contributed by atoms with E-state index in [2.05, 4.69) is 5.32 Å². The molecular formula is C24H30N4O4S. The second kappa shape index (κ2) is 9.15. The first kappa shape index (κ1) is 23.3. The van der Waals surface area contributed by atoms with Gasteiger partial charge in [-0.25, -0.2) is 12.7 Å². The molecule has 0 aromatic heterocycles. The fraction of sp³-hybridized carbons (Fsp3) is 0.417. The Bertz CT molecular complexity index is 1150. The van der Waals surface area contributed by atoms with Gasteiger partial charge in [-0.3, -0.25) is 14.5 Å². The number of fused-ring (bicyclic) bond motifs is 3. The normalized spacial score (nSPS) is 19.2. The van der Waals surface area contributed by atoms with Crippen molar-refractivity contribution in [3.63, 3.8) is 0 Å². The van der Waals surface area contributed by atoms with Crippen molar-refractivity contribution in [2.24, 2.45) is 0 Å². The van der Waals surface area contributed by atoms with Crippen LogP contribution in [0.3, 0.4) is 0 Å². The molecule has 0 radical (unpaired) electrons. The lowest BCUT2D eigenvalue weighted by atomic mass is 9.96. The van der Waals surface area contributed by atoms with Crippen molar-refractivity contribution in [3.8, 4) is 0 Å². The molecule has 0 saturated carbocycles. The number of amides is 2. The van der Waals surface area contributed by atoms with Gasteiger partial charge in [0.15, 0.2) is 0 Å². The van der Waals surface area contributed by atoms with E-state index in [1.807, 2.05) is 42.2 Å². The third-order valence-corrected chi connectivity index (χ3v) is 8.17. The molecule has 1 saturated heterocycles. The molecule has 2 aromatic carbocycles. The Kier molecular flexibility index (Phi) is 6.45. The molecule has 2 aliphatic heterocycles. The number of nitrogens with zero attached hydrogens (tertiary/aromatic N) is 3. The zero-order valence-electron chi connectivity index (χ0n) is 19.2. The minimum Gasteiger partial charge on any atom is -0.358 e. The Morgan fingerprint density at radius 3 is 2.55 bits per heavy atom. The molecule has 2 amide bonds. The Labute approximate surface area is 195 Å². The molecule has 9 heteroatoms. The summed E-state index contributed by atoms with van der Waals surface area (Å²) in [6.07, 6.45) is 2.63. The summed E-state index contributed by atoms with van der Waals surface area (Å²) in [6.45, 7) is 2.46. The molecule has 1 N–H and O–H groups in total. The summed E-state index contributed by atoms with van der Waals surface area (Å²) in [5.41, 5.74) is 2.22. The van der Waals surface area contributed by atoms with Crippen LogP contribution in [-0.2, 0) is 19.6 Å². The van der Waals surface area contributed by atoms with Crippen molar-refractivity contribution in [1.29, 1.82) is 0 Å². The van der Waals surface area contributed by atoms with E-state index in [0.717, 1.165) is 34.9 Å². The maximum absolute atomic E-state index is 13.5. The third kappa shape index (κ3) is 4.47. The SMILES string of the molecule is C[C@@H](NC(=O)CN1C(=O)[C@H]2CCCCN2c2ccc(S(=O)(=O)N(C)C)cc21)c1ccccc1. The highest BCUT2D eigenvalue weighted by Crippen LogP contribution is 2.40. The Balaban J connectivity index is 1.67. The molecule has 4 rings (SSSR count). The second-order valence-electron chi connectivity index (χ2n) is 8.77. The zero-order chi connectivity index (χ0) is 23.8. The van der Waals surface area contributed by atoms with Gasteiger partial charge >= 0.3 is 0 Å². The summed E-state index contributed by atoms with van der Waals surface area (Å²) < 4.78 is 26.6. The van der Waals surface area contributed by atoms with Gasteiger partial charge in [0.05, 0.1) is 22.3 Å². The van der Waals surface area contributed by atoms with E-state index < -0.39 is 10.0 Å². The molecule has 2 aliphatic rings. The van der Waals surface area contributed by atoms with Crippen LogP contribution >= 0.6 is 0 Å². The van der Waals surface area contributed by atoms with E-state index in [9.17, 15) is 18.0 Å². The molecule has 8 nitrogen and oxygen atoms in total. The van der Waals surface area contributed by atoms with Crippen LogP contribution in [0, 0.1) is 0 Å². The zero-order valence-corrected chi connectivity index (χ0v) is 20.0. The minimum absolute atomic E-state index is 0.0950. The van der Waals surface area contributed by atoms with Crippen LogP contribution in [-0.4, -0.2) is 57.8 Å². The summed E-state index contributed by atoms with van der Waals surface area (Å²) in [5.74, 6) is -0.458. The van der Waals surface area contributed by atoms with Crippen molar-refractivity contribution in [1.82, 2.24) is 9.62 Å². The molecule has 2 heterocycles. The lowest BCUT2D eigenvalue weighted by Gasteiger charge is -2.45. The maximum atomic E-state index is 13.5. The minimum atomic E-state index is -3.69. The fourth-order valence-corrected chi connectivity index (χ4v) is 5.45. The standard InChI is InChI=1S/C24H30N4O4S/c1-17(18-9-5-4-6-10-18)25-23(29)16-28-22-15-19(33(31,32)26(2)3)12-13-20(22)27-14-8-7-11-21(27)24(28)30/h4-6,9-10,12-13,15,17,21H,7-8,11,14,16H2,1-3H3,(H,25,29)/t17-,21-/m1/s1. The van der Waals surface area contributed by atoms with Gasteiger partial charge in [0.2, 0.25) is 21.8 Å². The summed E-state index contributed by atoms with van der Waals surface area (Å²) in [5, 5.41) is 2.96. The van der Waals surface area contributed by atoms with Crippen molar-refractivity contribution in [2.45, 2.75) is 43.2 Å². The van der Waals surface area contributed by atoms with E-state index in [4.69, 9.17) is 0 Å². The average Bonchev–Trinajstić information content (AvgIpc) is 2.81. The molecule has 0 spiro atoms. The van der Waals surface area contributed by atoms with E-state index in [1.165, 1.54) is 25.1 Å². The smallest absolute Gasteiger partial charge is 0.250 e. The van der Waals surface area contributed by atoms with Crippen molar-refractivity contribution >= 4 is 33.2 Å². The number of piperidine rings is 1. The predicted octanol–water partition coefficient (Wildman–Crippen LogP) is 2.52. The third-order valence-electron chi connectivity index (χ3n) is 6.36. The fourth-order valence-electron chi connectivity index (χ4n) is 4.53. The van der Waals surface area contributed by atoms with E-state index in [1.54, 1.807) is 12.1 Å². The first-order valence-corrected chi connectivity index (χ1v) is 12.6. The first-order valence-electron chi connectivity index (χ1n) is 11.2. The monoisotopic (exact) mass is 470 g/mol. The number of nitrogens with one attached hydrogen (secondary N) is 1. The van der Waals surface area contributed by atoms with Crippen LogP contribution in [0.15, 0.2) is 53.4 Å². The highest BCUT2D eigenvalue weighted by atomic mass is 32.2. The van der Waals surface area contributed by atoms with Crippen molar-refractivity contribution in [3.05, 3.63) is 54.1 Å². The molecule has 0 aliphatic carbocycles. The van der Waals surface area contributed by atoms with Crippen LogP contribution in [0.2, 0.25) is 0 Å². The summed E-state index contributed by atoms with van der Waals surface area (Å²) in [4.78, 5) is 30.0. The summed E-state index contributed by atoms with van der Waals surface area (Å²) in [6, 6.07) is 13.9.